The second-order valence-corrected chi connectivity index (χ2v) is 8.42. The van der Waals surface area contributed by atoms with E-state index in [1.165, 1.54) is 30.6 Å². The number of hydrogen-bond donors (Lipinski definition) is 2. The van der Waals surface area contributed by atoms with Gasteiger partial charge in [0.25, 0.3) is 0 Å². The molecule has 1 aromatic heterocycles. The van der Waals surface area contributed by atoms with Crippen LogP contribution in [-0.4, -0.2) is 39.0 Å². The van der Waals surface area contributed by atoms with Gasteiger partial charge in [-0.2, -0.15) is 0 Å². The summed E-state index contributed by atoms with van der Waals surface area (Å²) in [5, 5.41) is 0. The van der Waals surface area contributed by atoms with Gasteiger partial charge in [-0.25, -0.2) is 13.1 Å². The van der Waals surface area contributed by atoms with Crippen LogP contribution in [0.3, 0.4) is 0 Å². The minimum atomic E-state index is -3.41. The van der Waals surface area contributed by atoms with Crippen LogP contribution in [-0.2, 0) is 16.6 Å². The Morgan fingerprint density at radius 1 is 1.35 bits per heavy atom. The van der Waals surface area contributed by atoms with Crippen molar-refractivity contribution in [2.75, 3.05) is 19.6 Å². The van der Waals surface area contributed by atoms with Crippen molar-refractivity contribution in [3.8, 4) is 0 Å². The molecule has 0 radical (unpaired) electrons. The second kappa shape index (κ2) is 7.00. The first-order valence-corrected chi connectivity index (χ1v) is 9.34. The van der Waals surface area contributed by atoms with Crippen molar-refractivity contribution in [2.24, 2.45) is 5.73 Å². The molecule has 1 unspecified atom stereocenters. The molecule has 1 aromatic rings. The molecule has 1 saturated heterocycles. The third-order valence-corrected chi connectivity index (χ3v) is 6.63. The highest BCUT2D eigenvalue weighted by Crippen LogP contribution is 2.21. The average molecular weight is 317 g/mol. The van der Waals surface area contributed by atoms with E-state index in [4.69, 9.17) is 5.73 Å². The summed E-state index contributed by atoms with van der Waals surface area (Å²) >= 11 is 1.24. The number of likely N-dealkylation sites (tertiary alicyclic amines) is 1. The summed E-state index contributed by atoms with van der Waals surface area (Å²) in [5.74, 6) is 0. The summed E-state index contributed by atoms with van der Waals surface area (Å²) in [7, 11) is -3.41. The highest BCUT2D eigenvalue weighted by Gasteiger charge is 2.21. The van der Waals surface area contributed by atoms with Crippen molar-refractivity contribution in [1.29, 1.82) is 0 Å². The topological polar surface area (TPSA) is 75.4 Å². The Bertz CT molecular complexity index is 521. The van der Waals surface area contributed by atoms with Gasteiger partial charge in [0.2, 0.25) is 10.0 Å². The number of hydrogen-bond acceptors (Lipinski definition) is 5. The van der Waals surface area contributed by atoms with E-state index in [0.717, 1.165) is 24.5 Å². The van der Waals surface area contributed by atoms with Crippen molar-refractivity contribution < 1.29 is 8.42 Å². The summed E-state index contributed by atoms with van der Waals surface area (Å²) in [5.41, 5.74) is 5.52. The zero-order chi connectivity index (χ0) is 14.6. The van der Waals surface area contributed by atoms with E-state index in [0.29, 0.717) is 10.8 Å². The van der Waals surface area contributed by atoms with Crippen LogP contribution in [0.1, 0.15) is 31.1 Å². The van der Waals surface area contributed by atoms with Gasteiger partial charge >= 0.3 is 0 Å². The quantitative estimate of drug-likeness (QED) is 0.831. The summed E-state index contributed by atoms with van der Waals surface area (Å²) in [4.78, 5) is 3.21. The zero-order valence-corrected chi connectivity index (χ0v) is 13.5. The van der Waals surface area contributed by atoms with Crippen LogP contribution in [0.25, 0.3) is 0 Å². The summed E-state index contributed by atoms with van der Waals surface area (Å²) in [6.07, 6.45) is 3.71. The third kappa shape index (κ3) is 4.26. The summed E-state index contributed by atoms with van der Waals surface area (Å²) in [6, 6.07) is 3.32. The fourth-order valence-electron chi connectivity index (χ4n) is 2.50. The van der Waals surface area contributed by atoms with Gasteiger partial charge < -0.3 is 10.6 Å². The van der Waals surface area contributed by atoms with Gasteiger partial charge in [-0.05, 0) is 45.0 Å². The van der Waals surface area contributed by atoms with Gasteiger partial charge in [0.15, 0.2) is 0 Å². The van der Waals surface area contributed by atoms with Gasteiger partial charge in [-0.1, -0.05) is 6.42 Å². The number of nitrogens with zero attached hydrogens (tertiary/aromatic N) is 1. The Kier molecular flexibility index (Phi) is 5.57. The van der Waals surface area contributed by atoms with E-state index in [2.05, 4.69) is 9.62 Å². The summed E-state index contributed by atoms with van der Waals surface area (Å²) < 4.78 is 27.6. The maximum Gasteiger partial charge on any atom is 0.250 e. The second-order valence-electron chi connectivity index (χ2n) is 5.31. The third-order valence-electron chi connectivity index (χ3n) is 3.44. The lowest BCUT2D eigenvalue weighted by Gasteiger charge is -2.29. The first-order chi connectivity index (χ1) is 9.51. The molecule has 0 spiro atoms. The molecular weight excluding hydrogens is 294 g/mol. The molecule has 1 atom stereocenters. The van der Waals surface area contributed by atoms with E-state index in [-0.39, 0.29) is 6.04 Å². The lowest BCUT2D eigenvalue weighted by Crippen LogP contribution is -2.43. The van der Waals surface area contributed by atoms with Crippen molar-refractivity contribution in [3.05, 3.63) is 17.0 Å². The molecule has 1 fully saturated rings. The normalized spacial score (nSPS) is 19.1. The van der Waals surface area contributed by atoms with Crippen LogP contribution in [0, 0.1) is 0 Å². The van der Waals surface area contributed by atoms with Gasteiger partial charge in [0.05, 0.1) is 0 Å². The lowest BCUT2D eigenvalue weighted by atomic mass is 10.1. The van der Waals surface area contributed by atoms with Crippen molar-refractivity contribution >= 4 is 21.4 Å². The van der Waals surface area contributed by atoms with Crippen molar-refractivity contribution in [2.45, 2.75) is 43.0 Å². The fraction of sp³-hybridized carbons (Fsp3) is 0.692. The fourth-order valence-corrected chi connectivity index (χ4v) is 4.99. The van der Waals surface area contributed by atoms with E-state index in [1.807, 2.05) is 6.92 Å². The van der Waals surface area contributed by atoms with Crippen LogP contribution in [0.2, 0.25) is 0 Å². The van der Waals surface area contributed by atoms with Gasteiger partial charge in [-0.3, -0.25) is 0 Å². The average Bonchev–Trinajstić information content (AvgIpc) is 2.88. The van der Waals surface area contributed by atoms with Gasteiger partial charge in [0.1, 0.15) is 4.21 Å². The molecule has 20 heavy (non-hydrogen) atoms. The van der Waals surface area contributed by atoms with E-state index in [9.17, 15) is 8.42 Å². The molecule has 2 heterocycles. The molecule has 1 aliphatic rings. The minimum absolute atomic E-state index is 0.0819. The van der Waals surface area contributed by atoms with Crippen molar-refractivity contribution in [1.82, 2.24) is 9.62 Å². The Hall–Kier alpha value is -0.470. The van der Waals surface area contributed by atoms with Crippen LogP contribution in [0.5, 0.6) is 0 Å². The first kappa shape index (κ1) is 15.9. The molecule has 0 saturated carbocycles. The van der Waals surface area contributed by atoms with E-state index >= 15 is 0 Å². The Morgan fingerprint density at radius 3 is 2.65 bits per heavy atom. The number of thiophene rings is 1. The van der Waals surface area contributed by atoms with Crippen LogP contribution in [0.4, 0.5) is 0 Å². The van der Waals surface area contributed by atoms with Crippen LogP contribution < -0.4 is 10.5 Å². The maximum absolute atomic E-state index is 12.3. The molecule has 0 bridgehead atoms. The molecule has 1 aliphatic heterocycles. The Balaban J connectivity index is 1.93. The number of sulfonamides is 1. The van der Waals surface area contributed by atoms with Crippen LogP contribution in [0.15, 0.2) is 16.3 Å². The number of rotatable bonds is 6. The van der Waals surface area contributed by atoms with Crippen LogP contribution >= 0.6 is 11.3 Å². The molecule has 0 aromatic carbocycles. The predicted octanol–water partition coefficient (Wildman–Crippen LogP) is 1.36. The SMILES string of the molecule is CC(CN1CCCCC1)NS(=O)(=O)c1ccc(CN)s1. The Labute approximate surface area is 125 Å². The highest BCUT2D eigenvalue weighted by molar-refractivity contribution is 7.91. The Morgan fingerprint density at radius 2 is 2.05 bits per heavy atom. The molecular formula is C13H23N3O2S2. The minimum Gasteiger partial charge on any atom is -0.326 e. The number of piperidine rings is 1. The number of nitrogens with one attached hydrogen (secondary N) is 1. The van der Waals surface area contributed by atoms with Gasteiger partial charge in [-0.15, -0.1) is 11.3 Å². The van der Waals surface area contributed by atoms with Crippen molar-refractivity contribution in [3.63, 3.8) is 0 Å². The number of nitrogens with two attached hydrogens (primary N) is 1. The monoisotopic (exact) mass is 317 g/mol. The largest absolute Gasteiger partial charge is 0.326 e. The zero-order valence-electron chi connectivity index (χ0n) is 11.8. The highest BCUT2D eigenvalue weighted by atomic mass is 32.2. The maximum atomic E-state index is 12.3. The molecule has 0 amide bonds. The summed E-state index contributed by atoms with van der Waals surface area (Å²) in [6.45, 7) is 5.21. The molecule has 5 nitrogen and oxygen atoms in total. The molecule has 3 N–H and O–H groups in total. The molecule has 2 rings (SSSR count). The standard InChI is InChI=1S/C13H23N3O2S2/c1-11(10-16-7-3-2-4-8-16)15-20(17,18)13-6-5-12(9-14)19-13/h5-6,11,15H,2-4,7-10,14H2,1H3. The predicted molar refractivity (Wildman–Crippen MR) is 82.3 cm³/mol. The lowest BCUT2D eigenvalue weighted by molar-refractivity contribution is 0.215. The van der Waals surface area contributed by atoms with Gasteiger partial charge in [0, 0.05) is 24.0 Å². The van der Waals surface area contributed by atoms with E-state index < -0.39 is 10.0 Å². The molecule has 114 valence electrons. The first-order valence-electron chi connectivity index (χ1n) is 7.05. The molecule has 7 heteroatoms. The van der Waals surface area contributed by atoms with E-state index in [1.54, 1.807) is 12.1 Å². The smallest absolute Gasteiger partial charge is 0.250 e. The molecule has 0 aliphatic carbocycles.